The summed E-state index contributed by atoms with van der Waals surface area (Å²) in [5.74, 6) is 0.377. The first-order chi connectivity index (χ1) is 10.6. The molecule has 2 aromatic rings. The second-order valence-corrected chi connectivity index (χ2v) is 6.07. The van der Waals surface area contributed by atoms with Crippen LogP contribution in [0.3, 0.4) is 0 Å². The molecule has 1 saturated heterocycles. The van der Waals surface area contributed by atoms with E-state index in [2.05, 4.69) is 24.4 Å². The van der Waals surface area contributed by atoms with E-state index in [0.29, 0.717) is 0 Å². The van der Waals surface area contributed by atoms with Crippen molar-refractivity contribution in [3.63, 3.8) is 0 Å². The molecule has 2 unspecified atom stereocenters. The second kappa shape index (κ2) is 6.08. The molecule has 3 rings (SSSR count). The van der Waals surface area contributed by atoms with E-state index in [9.17, 15) is 9.90 Å². The van der Waals surface area contributed by atoms with Gasteiger partial charge in [0, 0.05) is 12.5 Å². The number of hydrogen-bond acceptors (Lipinski definition) is 3. The molecule has 2 N–H and O–H groups in total. The van der Waals surface area contributed by atoms with E-state index in [1.165, 1.54) is 5.56 Å². The fraction of sp³-hybridized carbons (Fsp3) is 0.529. The summed E-state index contributed by atoms with van der Waals surface area (Å²) in [6.07, 6.45) is 3.12. The van der Waals surface area contributed by atoms with Crippen molar-refractivity contribution in [2.75, 3.05) is 13.1 Å². The lowest BCUT2D eigenvalue weighted by molar-refractivity contribution is -0.140. The van der Waals surface area contributed by atoms with Gasteiger partial charge in [0.05, 0.1) is 11.0 Å². The first kappa shape index (κ1) is 15.0. The normalized spacial score (nSPS) is 20.2. The van der Waals surface area contributed by atoms with Crippen LogP contribution >= 0.6 is 0 Å². The van der Waals surface area contributed by atoms with Crippen LogP contribution in [0, 0.1) is 0 Å². The highest BCUT2D eigenvalue weighted by molar-refractivity contribution is 5.81. The van der Waals surface area contributed by atoms with Gasteiger partial charge in [-0.2, -0.15) is 0 Å². The number of fused-ring (bicyclic) bond motifs is 1. The Balaban J connectivity index is 2.15. The molecule has 2 atom stereocenters. The lowest BCUT2D eigenvalue weighted by Crippen LogP contribution is -2.31. The number of carboxylic acid groups (broad SMARTS) is 1. The van der Waals surface area contributed by atoms with Crippen molar-refractivity contribution in [1.82, 2.24) is 14.9 Å². The summed E-state index contributed by atoms with van der Waals surface area (Å²) >= 11 is 0. The Morgan fingerprint density at radius 1 is 1.55 bits per heavy atom. The average Bonchev–Trinajstić information content (AvgIpc) is 2.93. The van der Waals surface area contributed by atoms with Gasteiger partial charge < -0.3 is 15.0 Å². The standard InChI is InChI=1S/C17H23N3O2/c1-3-12-6-7-15-14(9-12)19-16(13-5-4-8-18-10-13)20(15)11(2)17(21)22/h6-7,9,11,13,18H,3-5,8,10H2,1-2H3,(H,21,22). The molecule has 1 fully saturated rings. The number of aromatic nitrogens is 2. The third-order valence-electron chi connectivity index (χ3n) is 4.60. The Labute approximate surface area is 130 Å². The molecule has 0 aliphatic carbocycles. The molecule has 0 radical (unpaired) electrons. The van der Waals surface area contributed by atoms with E-state index in [-0.39, 0.29) is 5.92 Å². The summed E-state index contributed by atoms with van der Waals surface area (Å²) in [5.41, 5.74) is 3.06. The fourth-order valence-corrected chi connectivity index (χ4v) is 3.26. The van der Waals surface area contributed by atoms with Crippen molar-refractivity contribution in [1.29, 1.82) is 0 Å². The van der Waals surface area contributed by atoms with Crippen LogP contribution in [0.5, 0.6) is 0 Å². The number of piperidine rings is 1. The van der Waals surface area contributed by atoms with E-state index in [1.54, 1.807) is 6.92 Å². The number of rotatable bonds is 4. The summed E-state index contributed by atoms with van der Waals surface area (Å²) in [6, 6.07) is 5.56. The van der Waals surface area contributed by atoms with Crippen LogP contribution in [0.2, 0.25) is 0 Å². The lowest BCUT2D eigenvalue weighted by Gasteiger charge is -2.24. The zero-order chi connectivity index (χ0) is 15.7. The summed E-state index contributed by atoms with van der Waals surface area (Å²) in [7, 11) is 0. The van der Waals surface area contributed by atoms with Gasteiger partial charge in [-0.05, 0) is 50.4 Å². The van der Waals surface area contributed by atoms with Crippen molar-refractivity contribution in [2.45, 2.75) is 45.1 Å². The number of aliphatic carboxylic acids is 1. The van der Waals surface area contributed by atoms with Crippen molar-refractivity contribution < 1.29 is 9.90 Å². The maximum absolute atomic E-state index is 11.5. The molecule has 2 heterocycles. The second-order valence-electron chi connectivity index (χ2n) is 6.07. The quantitative estimate of drug-likeness (QED) is 0.911. The minimum Gasteiger partial charge on any atom is -0.480 e. The predicted molar refractivity (Wildman–Crippen MR) is 86.3 cm³/mol. The summed E-state index contributed by atoms with van der Waals surface area (Å²) in [4.78, 5) is 16.3. The van der Waals surface area contributed by atoms with Crippen molar-refractivity contribution in [3.05, 3.63) is 29.6 Å². The van der Waals surface area contributed by atoms with Crippen LogP contribution in [0.15, 0.2) is 18.2 Å². The monoisotopic (exact) mass is 301 g/mol. The highest BCUT2D eigenvalue weighted by Crippen LogP contribution is 2.30. The molecule has 22 heavy (non-hydrogen) atoms. The number of carboxylic acids is 1. The van der Waals surface area contributed by atoms with Crippen molar-refractivity contribution in [3.8, 4) is 0 Å². The number of aryl methyl sites for hydroxylation is 1. The molecule has 1 aliphatic rings. The van der Waals surface area contributed by atoms with Crippen LogP contribution in [-0.2, 0) is 11.2 Å². The van der Waals surface area contributed by atoms with E-state index in [0.717, 1.165) is 49.2 Å². The van der Waals surface area contributed by atoms with Crippen LogP contribution in [0.1, 0.15) is 50.0 Å². The molecule has 1 aromatic heterocycles. The van der Waals surface area contributed by atoms with Crippen molar-refractivity contribution in [2.24, 2.45) is 0 Å². The van der Waals surface area contributed by atoms with Gasteiger partial charge in [-0.3, -0.25) is 0 Å². The third kappa shape index (κ3) is 2.61. The van der Waals surface area contributed by atoms with E-state index in [1.807, 2.05) is 10.6 Å². The molecule has 1 aliphatic heterocycles. The number of hydrogen-bond donors (Lipinski definition) is 2. The van der Waals surface area contributed by atoms with Crippen LogP contribution in [-0.4, -0.2) is 33.7 Å². The number of carbonyl (C=O) groups is 1. The Hall–Kier alpha value is -1.88. The van der Waals surface area contributed by atoms with Crippen LogP contribution in [0.4, 0.5) is 0 Å². The highest BCUT2D eigenvalue weighted by Gasteiger charge is 2.27. The number of nitrogens with zero attached hydrogens (tertiary/aromatic N) is 2. The van der Waals surface area contributed by atoms with Gasteiger partial charge in [0.1, 0.15) is 11.9 Å². The minimum absolute atomic E-state index is 0.285. The first-order valence-electron chi connectivity index (χ1n) is 8.06. The summed E-state index contributed by atoms with van der Waals surface area (Å²) in [5, 5.41) is 12.9. The molecule has 5 nitrogen and oxygen atoms in total. The molecule has 0 spiro atoms. The molecular formula is C17H23N3O2. The molecule has 0 saturated carbocycles. The average molecular weight is 301 g/mol. The van der Waals surface area contributed by atoms with Gasteiger partial charge in [0.2, 0.25) is 0 Å². The van der Waals surface area contributed by atoms with E-state index >= 15 is 0 Å². The van der Waals surface area contributed by atoms with Crippen molar-refractivity contribution >= 4 is 17.0 Å². The zero-order valence-electron chi connectivity index (χ0n) is 13.2. The number of nitrogens with one attached hydrogen (secondary N) is 1. The maximum atomic E-state index is 11.5. The molecule has 5 heteroatoms. The van der Waals surface area contributed by atoms with Gasteiger partial charge in [-0.1, -0.05) is 13.0 Å². The lowest BCUT2D eigenvalue weighted by atomic mass is 9.98. The maximum Gasteiger partial charge on any atom is 0.326 e. The summed E-state index contributed by atoms with van der Waals surface area (Å²) in [6.45, 7) is 5.75. The van der Waals surface area contributed by atoms with E-state index in [4.69, 9.17) is 4.98 Å². The van der Waals surface area contributed by atoms with Gasteiger partial charge >= 0.3 is 5.97 Å². The van der Waals surface area contributed by atoms with Gasteiger partial charge in [-0.25, -0.2) is 9.78 Å². The molecule has 118 valence electrons. The zero-order valence-corrected chi connectivity index (χ0v) is 13.2. The Kier molecular flexibility index (Phi) is 4.16. The minimum atomic E-state index is -0.816. The number of benzene rings is 1. The summed E-state index contributed by atoms with van der Waals surface area (Å²) < 4.78 is 1.91. The van der Waals surface area contributed by atoms with Crippen LogP contribution < -0.4 is 5.32 Å². The Morgan fingerprint density at radius 3 is 3.00 bits per heavy atom. The third-order valence-corrected chi connectivity index (χ3v) is 4.60. The number of imidazole rings is 1. The smallest absolute Gasteiger partial charge is 0.326 e. The first-order valence-corrected chi connectivity index (χ1v) is 8.06. The topological polar surface area (TPSA) is 67.2 Å². The van der Waals surface area contributed by atoms with Gasteiger partial charge in [0.25, 0.3) is 0 Å². The van der Waals surface area contributed by atoms with E-state index < -0.39 is 12.0 Å². The SMILES string of the molecule is CCc1ccc2c(c1)nc(C1CCCNC1)n2C(C)C(=O)O. The Morgan fingerprint density at radius 2 is 2.36 bits per heavy atom. The molecule has 1 aromatic carbocycles. The molecule has 0 amide bonds. The van der Waals surface area contributed by atoms with Gasteiger partial charge in [-0.15, -0.1) is 0 Å². The fourth-order valence-electron chi connectivity index (χ4n) is 3.26. The Bertz CT molecular complexity index is 687. The predicted octanol–water partition coefficient (Wildman–Crippen LogP) is 2.71. The van der Waals surface area contributed by atoms with Gasteiger partial charge in [0.15, 0.2) is 0 Å². The molecule has 0 bridgehead atoms. The molecular weight excluding hydrogens is 278 g/mol. The van der Waals surface area contributed by atoms with Crippen LogP contribution in [0.25, 0.3) is 11.0 Å². The largest absolute Gasteiger partial charge is 0.480 e. The highest BCUT2D eigenvalue weighted by atomic mass is 16.4.